The van der Waals surface area contributed by atoms with Gasteiger partial charge >= 0.3 is 5.97 Å². The Kier molecular flexibility index (Phi) is 8.34. The van der Waals surface area contributed by atoms with Gasteiger partial charge in [-0.25, -0.2) is 0 Å². The number of carbonyl (C=O) groups is 1. The van der Waals surface area contributed by atoms with Crippen LogP contribution in [0.15, 0.2) is 12.2 Å². The van der Waals surface area contributed by atoms with Gasteiger partial charge in [-0.15, -0.1) is 11.8 Å². The average Bonchev–Trinajstić information content (AvgIpc) is 3.35. The van der Waals surface area contributed by atoms with Crippen molar-refractivity contribution in [2.24, 2.45) is 17.8 Å². The van der Waals surface area contributed by atoms with E-state index in [9.17, 15) is 4.79 Å². The molecular formula is C21H34O4S. The van der Waals surface area contributed by atoms with Crippen LogP contribution in [0.3, 0.4) is 0 Å². The highest BCUT2D eigenvalue weighted by molar-refractivity contribution is 7.99. The SMILES string of the molecule is O=C(O)CCCC=CC[C@@H]1[C@H](CSCOCC2CCCC2)[C@@H]2CC[C@H]1O2. The van der Waals surface area contributed by atoms with E-state index in [0.29, 0.717) is 24.0 Å². The van der Waals surface area contributed by atoms with E-state index in [2.05, 4.69) is 12.2 Å². The van der Waals surface area contributed by atoms with Gasteiger partial charge < -0.3 is 14.6 Å². The number of carboxylic acid groups (broad SMARTS) is 1. The fourth-order valence-electron chi connectivity index (χ4n) is 4.81. The van der Waals surface area contributed by atoms with Crippen LogP contribution in [0.1, 0.15) is 64.2 Å². The van der Waals surface area contributed by atoms with Crippen LogP contribution in [0.25, 0.3) is 0 Å². The zero-order valence-corrected chi connectivity index (χ0v) is 16.6. The van der Waals surface area contributed by atoms with Crippen molar-refractivity contribution >= 4 is 17.7 Å². The maximum Gasteiger partial charge on any atom is 0.303 e. The Balaban J connectivity index is 1.32. The zero-order valence-electron chi connectivity index (χ0n) is 15.8. The summed E-state index contributed by atoms with van der Waals surface area (Å²) in [6.45, 7) is 0.947. The normalized spacial score (nSPS) is 31.4. The largest absolute Gasteiger partial charge is 0.481 e. The van der Waals surface area contributed by atoms with E-state index in [1.807, 2.05) is 11.8 Å². The van der Waals surface area contributed by atoms with Crippen molar-refractivity contribution in [2.75, 3.05) is 18.3 Å². The molecule has 2 aliphatic heterocycles. The van der Waals surface area contributed by atoms with Gasteiger partial charge in [0, 0.05) is 12.2 Å². The van der Waals surface area contributed by atoms with Crippen LogP contribution in [0.2, 0.25) is 0 Å². The van der Waals surface area contributed by atoms with Crippen LogP contribution >= 0.6 is 11.8 Å². The van der Waals surface area contributed by atoms with Crippen LogP contribution in [0.4, 0.5) is 0 Å². The quantitative estimate of drug-likeness (QED) is 0.296. The fourth-order valence-corrected chi connectivity index (χ4v) is 5.85. The van der Waals surface area contributed by atoms with E-state index < -0.39 is 5.97 Å². The van der Waals surface area contributed by atoms with Gasteiger partial charge in [-0.05, 0) is 62.7 Å². The molecule has 148 valence electrons. The van der Waals surface area contributed by atoms with Gasteiger partial charge in [-0.1, -0.05) is 25.0 Å². The molecule has 0 aromatic carbocycles. The lowest BCUT2D eigenvalue weighted by Gasteiger charge is -2.27. The monoisotopic (exact) mass is 382 g/mol. The van der Waals surface area contributed by atoms with Gasteiger partial charge in [0.2, 0.25) is 0 Å². The molecule has 0 radical (unpaired) electrons. The number of hydrogen-bond donors (Lipinski definition) is 1. The molecule has 4 nitrogen and oxygen atoms in total. The molecule has 0 spiro atoms. The number of ether oxygens (including phenoxy) is 2. The van der Waals surface area contributed by atoms with Crippen LogP contribution in [0.5, 0.6) is 0 Å². The van der Waals surface area contributed by atoms with E-state index in [4.69, 9.17) is 14.6 Å². The summed E-state index contributed by atoms with van der Waals surface area (Å²) in [7, 11) is 0. The first kappa shape index (κ1) is 20.2. The summed E-state index contributed by atoms with van der Waals surface area (Å²) in [5.74, 6) is 3.35. The lowest BCUT2D eigenvalue weighted by molar-refractivity contribution is -0.137. The molecule has 3 aliphatic rings. The fraction of sp³-hybridized carbons (Fsp3) is 0.857. The number of rotatable bonds is 12. The molecule has 0 amide bonds. The molecule has 0 aromatic rings. The molecular weight excluding hydrogens is 348 g/mol. The van der Waals surface area contributed by atoms with E-state index in [-0.39, 0.29) is 6.42 Å². The van der Waals surface area contributed by atoms with Crippen LogP contribution in [-0.2, 0) is 14.3 Å². The lowest BCUT2D eigenvalue weighted by Crippen LogP contribution is -2.28. The van der Waals surface area contributed by atoms with Crippen molar-refractivity contribution in [2.45, 2.75) is 76.4 Å². The summed E-state index contributed by atoms with van der Waals surface area (Å²) >= 11 is 1.94. The molecule has 26 heavy (non-hydrogen) atoms. The topological polar surface area (TPSA) is 55.8 Å². The Hall–Kier alpha value is -0.520. The Labute approximate surface area is 162 Å². The number of hydrogen-bond acceptors (Lipinski definition) is 4. The van der Waals surface area contributed by atoms with Crippen LogP contribution < -0.4 is 0 Å². The Morgan fingerprint density at radius 3 is 2.65 bits per heavy atom. The second kappa shape index (κ2) is 10.7. The van der Waals surface area contributed by atoms with Crippen molar-refractivity contribution in [3.05, 3.63) is 12.2 Å². The third-order valence-corrected chi connectivity index (χ3v) is 7.19. The molecule has 2 saturated heterocycles. The maximum atomic E-state index is 10.5. The van der Waals surface area contributed by atoms with Crippen molar-refractivity contribution < 1.29 is 19.4 Å². The van der Waals surface area contributed by atoms with Crippen molar-refractivity contribution in [1.29, 1.82) is 0 Å². The van der Waals surface area contributed by atoms with Crippen molar-refractivity contribution in [1.82, 2.24) is 0 Å². The molecule has 2 bridgehead atoms. The number of thioether (sulfide) groups is 1. The highest BCUT2D eigenvalue weighted by atomic mass is 32.2. The van der Waals surface area contributed by atoms with Gasteiger partial charge in [0.25, 0.3) is 0 Å². The zero-order chi connectivity index (χ0) is 18.2. The van der Waals surface area contributed by atoms with Gasteiger partial charge in [0.15, 0.2) is 0 Å². The summed E-state index contributed by atoms with van der Waals surface area (Å²) < 4.78 is 12.1. The third-order valence-electron chi connectivity index (χ3n) is 6.23. The molecule has 3 fully saturated rings. The molecule has 1 N–H and O–H groups in total. The Morgan fingerprint density at radius 1 is 1.12 bits per heavy atom. The summed E-state index contributed by atoms with van der Waals surface area (Å²) in [6.07, 6.45) is 16.1. The van der Waals surface area contributed by atoms with Crippen molar-refractivity contribution in [3.8, 4) is 0 Å². The predicted octanol–water partition coefficient (Wildman–Crippen LogP) is 4.88. The minimum Gasteiger partial charge on any atom is -0.481 e. The van der Waals surface area contributed by atoms with E-state index in [1.54, 1.807) is 0 Å². The maximum absolute atomic E-state index is 10.5. The van der Waals surface area contributed by atoms with Crippen LogP contribution in [-0.4, -0.2) is 41.6 Å². The average molecular weight is 383 g/mol. The van der Waals surface area contributed by atoms with Gasteiger partial charge in [0.1, 0.15) is 0 Å². The molecule has 1 saturated carbocycles. The minimum absolute atomic E-state index is 0.266. The second-order valence-corrected chi connectivity index (χ2v) is 9.10. The number of aliphatic carboxylic acids is 1. The number of allylic oxidation sites excluding steroid dienone is 2. The molecule has 0 aromatic heterocycles. The molecule has 0 unspecified atom stereocenters. The first-order valence-electron chi connectivity index (χ1n) is 10.4. The molecule has 1 aliphatic carbocycles. The molecule has 5 heteroatoms. The highest BCUT2D eigenvalue weighted by Crippen LogP contribution is 2.46. The predicted molar refractivity (Wildman–Crippen MR) is 105 cm³/mol. The highest BCUT2D eigenvalue weighted by Gasteiger charge is 2.47. The second-order valence-electron chi connectivity index (χ2n) is 8.12. The summed E-state index contributed by atoms with van der Waals surface area (Å²) in [5, 5.41) is 8.68. The van der Waals surface area contributed by atoms with E-state index >= 15 is 0 Å². The minimum atomic E-state index is -0.702. The van der Waals surface area contributed by atoms with E-state index in [0.717, 1.165) is 43.5 Å². The summed E-state index contributed by atoms with van der Waals surface area (Å²) in [6, 6.07) is 0. The summed E-state index contributed by atoms with van der Waals surface area (Å²) in [5.41, 5.74) is 0. The Bertz CT molecular complexity index is 461. The first-order chi connectivity index (χ1) is 12.7. The smallest absolute Gasteiger partial charge is 0.303 e. The number of unbranched alkanes of at least 4 members (excludes halogenated alkanes) is 1. The Morgan fingerprint density at radius 2 is 1.88 bits per heavy atom. The molecule has 3 rings (SSSR count). The van der Waals surface area contributed by atoms with Gasteiger partial charge in [-0.2, -0.15) is 0 Å². The standard InChI is InChI=1S/C21H34O4S/c22-21(23)10-4-2-1-3-9-17-18(20-12-11-19(17)25-20)14-26-15-24-13-16-7-5-6-8-16/h1,3,16-20H,2,4-15H2,(H,22,23)/t17-,18+,19-,20+/m1/s1. The van der Waals surface area contributed by atoms with E-state index in [1.165, 1.54) is 38.5 Å². The van der Waals surface area contributed by atoms with Crippen molar-refractivity contribution in [3.63, 3.8) is 0 Å². The van der Waals surface area contributed by atoms with Gasteiger partial charge in [0.05, 0.1) is 24.8 Å². The number of fused-ring (bicyclic) bond motifs is 2. The van der Waals surface area contributed by atoms with Gasteiger partial charge in [-0.3, -0.25) is 4.79 Å². The molecule has 4 atom stereocenters. The first-order valence-corrected chi connectivity index (χ1v) is 11.6. The third kappa shape index (κ3) is 6.00. The molecule has 2 heterocycles. The number of carboxylic acids is 1. The lowest BCUT2D eigenvalue weighted by atomic mass is 9.78. The van der Waals surface area contributed by atoms with Crippen LogP contribution in [0, 0.1) is 17.8 Å². The summed E-state index contributed by atoms with van der Waals surface area (Å²) in [4.78, 5) is 10.5.